The Kier molecular flexibility index (Phi) is 7.17. The minimum absolute atomic E-state index is 0.144. The Labute approximate surface area is 174 Å². The van der Waals surface area contributed by atoms with Gasteiger partial charge in [0.2, 0.25) is 16.9 Å². The fourth-order valence-corrected chi connectivity index (χ4v) is 2.94. The number of hydrogen-bond donors (Lipinski definition) is 4. The van der Waals surface area contributed by atoms with Crippen molar-refractivity contribution >= 4 is 41.5 Å². The molecule has 1 aliphatic rings. The molecule has 0 radical (unpaired) electrons. The maximum Gasteiger partial charge on any atom is 0.437 e. The molecule has 1 saturated heterocycles. The Morgan fingerprint density at radius 1 is 1.17 bits per heavy atom. The van der Waals surface area contributed by atoms with Crippen LogP contribution in [0.1, 0.15) is 13.8 Å². The number of ether oxygens (including phenoxy) is 1. The van der Waals surface area contributed by atoms with Crippen molar-refractivity contribution in [3.05, 3.63) is 11.1 Å². The third kappa shape index (κ3) is 5.14. The monoisotopic (exact) mass is 450 g/mol. The van der Waals surface area contributed by atoms with Crippen LogP contribution in [0, 0.1) is 5.82 Å². The van der Waals surface area contributed by atoms with Crippen LogP contribution >= 0.6 is 11.6 Å². The number of anilines is 2. The van der Waals surface area contributed by atoms with Gasteiger partial charge in [0, 0.05) is 25.2 Å². The van der Waals surface area contributed by atoms with E-state index in [1.165, 1.54) is 0 Å². The van der Waals surface area contributed by atoms with Crippen LogP contribution in [0.25, 0.3) is 0 Å². The molecule has 1 fully saturated rings. The van der Waals surface area contributed by atoms with E-state index in [0.29, 0.717) is 26.3 Å². The molecule has 0 atom stereocenters. The van der Waals surface area contributed by atoms with Gasteiger partial charge in [-0.05, 0) is 25.4 Å². The van der Waals surface area contributed by atoms with Crippen molar-refractivity contribution in [1.29, 1.82) is 0 Å². The van der Waals surface area contributed by atoms with Gasteiger partial charge in [0.25, 0.3) is 0 Å². The number of rotatable bonds is 5. The van der Waals surface area contributed by atoms with E-state index >= 15 is 0 Å². The molecule has 0 bridgehead atoms. The van der Waals surface area contributed by atoms with Crippen LogP contribution in [0.15, 0.2) is 0 Å². The number of morpholine rings is 1. The van der Waals surface area contributed by atoms with Crippen LogP contribution in [-0.4, -0.2) is 91.9 Å². The van der Waals surface area contributed by atoms with E-state index in [4.69, 9.17) is 26.6 Å². The number of aromatic nitrogens is 2. The quantitative estimate of drug-likeness (QED) is 0.381. The smallest absolute Gasteiger partial charge is 0.437 e. The van der Waals surface area contributed by atoms with Crippen LogP contribution in [0.5, 0.6) is 0 Å². The summed E-state index contributed by atoms with van der Waals surface area (Å²) in [6.45, 7) is 6.27. The van der Waals surface area contributed by atoms with Gasteiger partial charge in [-0.15, -0.1) is 10.0 Å². The van der Waals surface area contributed by atoms with Gasteiger partial charge in [-0.1, -0.05) is 0 Å². The van der Waals surface area contributed by atoms with Crippen molar-refractivity contribution in [2.24, 2.45) is 0 Å². The first-order chi connectivity index (χ1) is 14.0. The molecule has 13 nitrogen and oxygen atoms in total. The zero-order valence-electron chi connectivity index (χ0n) is 16.0. The average molecular weight is 451 g/mol. The first-order valence-corrected chi connectivity index (χ1v) is 8.92. The molecule has 1 aromatic rings. The summed E-state index contributed by atoms with van der Waals surface area (Å²) in [7, 11) is 0. The molecular weight excluding hydrogens is 431 g/mol. The lowest BCUT2D eigenvalue weighted by Crippen LogP contribution is -2.53. The predicted octanol–water partition coefficient (Wildman–Crippen LogP) is 1.85. The number of carboxylic acid groups (broad SMARTS) is 3. The molecule has 4 N–H and O–H groups in total. The Hall–Kier alpha value is -2.97. The van der Waals surface area contributed by atoms with E-state index in [-0.39, 0.29) is 6.54 Å². The molecule has 30 heavy (non-hydrogen) atoms. The lowest BCUT2D eigenvalue weighted by atomic mass is 10.0. The normalized spacial score (nSPS) is 14.8. The Bertz CT molecular complexity index is 822. The van der Waals surface area contributed by atoms with Crippen molar-refractivity contribution in [2.75, 3.05) is 43.2 Å². The second-order valence-electron chi connectivity index (χ2n) is 6.72. The lowest BCUT2D eigenvalue weighted by Gasteiger charge is -2.41. The van der Waals surface area contributed by atoms with Gasteiger partial charge in [0.15, 0.2) is 5.82 Å². The third-order valence-corrected chi connectivity index (χ3v) is 4.48. The summed E-state index contributed by atoms with van der Waals surface area (Å²) in [5.41, 5.74) is -0.492. The van der Waals surface area contributed by atoms with Crippen molar-refractivity contribution in [2.45, 2.75) is 19.4 Å². The van der Waals surface area contributed by atoms with Crippen molar-refractivity contribution in [1.82, 2.24) is 19.9 Å². The number of hydrazine groups is 1. The van der Waals surface area contributed by atoms with E-state index in [9.17, 15) is 23.9 Å². The topological polar surface area (TPSA) is 169 Å². The summed E-state index contributed by atoms with van der Waals surface area (Å²) < 4.78 is 20.3. The van der Waals surface area contributed by atoms with Gasteiger partial charge in [0.1, 0.15) is 0 Å². The molecule has 15 heteroatoms. The first kappa shape index (κ1) is 23.3. The number of nitrogens with zero attached hydrogens (tertiary/aromatic N) is 5. The van der Waals surface area contributed by atoms with E-state index in [2.05, 4.69) is 20.2 Å². The second-order valence-corrected chi connectivity index (χ2v) is 7.05. The lowest BCUT2D eigenvalue weighted by molar-refractivity contribution is -0.00572. The number of amides is 3. The molecule has 1 aromatic heterocycles. The molecule has 0 unspecified atom stereocenters. The zero-order valence-corrected chi connectivity index (χ0v) is 16.8. The van der Waals surface area contributed by atoms with Gasteiger partial charge < -0.3 is 25.4 Å². The molecule has 1 aliphatic heterocycles. The molecule has 2 rings (SSSR count). The number of carbonyl (C=O) groups is 3. The summed E-state index contributed by atoms with van der Waals surface area (Å²) in [6, 6.07) is 0. The summed E-state index contributed by atoms with van der Waals surface area (Å²) in [5, 5.41) is 28.3. The van der Waals surface area contributed by atoms with Crippen molar-refractivity contribution < 1.29 is 38.8 Å². The van der Waals surface area contributed by atoms with E-state index < -0.39 is 56.6 Å². The van der Waals surface area contributed by atoms with Crippen molar-refractivity contribution in [3.63, 3.8) is 0 Å². The molecule has 166 valence electrons. The minimum Gasteiger partial charge on any atom is -0.463 e. The van der Waals surface area contributed by atoms with Gasteiger partial charge in [-0.2, -0.15) is 14.4 Å². The van der Waals surface area contributed by atoms with Crippen LogP contribution < -0.4 is 10.3 Å². The van der Waals surface area contributed by atoms with Crippen LogP contribution in [0.2, 0.25) is 5.28 Å². The molecule has 2 heterocycles. The fourth-order valence-electron chi connectivity index (χ4n) is 2.77. The van der Waals surface area contributed by atoms with Crippen molar-refractivity contribution in [3.8, 4) is 0 Å². The highest BCUT2D eigenvalue weighted by Gasteiger charge is 2.37. The molecule has 0 aromatic carbocycles. The summed E-state index contributed by atoms with van der Waals surface area (Å²) >= 11 is 5.74. The maximum absolute atomic E-state index is 15.0. The van der Waals surface area contributed by atoms with Crippen LogP contribution in [0.4, 0.5) is 30.4 Å². The van der Waals surface area contributed by atoms with Gasteiger partial charge in [-0.25, -0.2) is 14.4 Å². The first-order valence-electron chi connectivity index (χ1n) is 8.54. The SMILES string of the molecule is CC(C)(CNc1nc(Cl)nc(N(C(=O)O)N(C(=O)O)C(=O)O)c1F)N1CCOCC1. The van der Waals surface area contributed by atoms with Gasteiger partial charge >= 0.3 is 18.3 Å². The minimum atomic E-state index is -2.19. The maximum atomic E-state index is 15.0. The predicted molar refractivity (Wildman–Crippen MR) is 100 cm³/mol. The second kappa shape index (κ2) is 9.23. The molecule has 0 saturated carbocycles. The summed E-state index contributed by atoms with van der Waals surface area (Å²) in [6.07, 6.45) is -6.50. The van der Waals surface area contributed by atoms with E-state index in [1.54, 1.807) is 0 Å². The highest BCUT2D eigenvalue weighted by Crippen LogP contribution is 2.27. The van der Waals surface area contributed by atoms with Crippen LogP contribution in [-0.2, 0) is 4.74 Å². The fraction of sp³-hybridized carbons (Fsp3) is 0.533. The largest absolute Gasteiger partial charge is 0.463 e. The number of halogens is 2. The molecule has 3 amide bonds. The van der Waals surface area contributed by atoms with Gasteiger partial charge in [0.05, 0.1) is 13.2 Å². The highest BCUT2D eigenvalue weighted by atomic mass is 35.5. The highest BCUT2D eigenvalue weighted by molar-refractivity contribution is 6.28. The molecular formula is C15H20ClFN6O7. The molecule has 0 spiro atoms. The average Bonchev–Trinajstić information content (AvgIpc) is 2.66. The summed E-state index contributed by atoms with van der Waals surface area (Å²) in [5.74, 6) is -3.08. The zero-order chi connectivity index (χ0) is 22.6. The standard InChI is InChI=1S/C15H20ClFN6O7/c1-15(2,21-3-5-30-6-4-21)7-18-9-8(17)10(20-11(16)19-9)22(12(24)25)23(13(26)27)14(28)29/h3-7H2,1-2H3,(H,24,25)(H,26,27)(H,28,29)(H,18,19,20). The molecule has 0 aliphatic carbocycles. The number of hydrogen-bond acceptors (Lipinski definition) is 8. The van der Waals surface area contributed by atoms with E-state index in [0.717, 1.165) is 0 Å². The third-order valence-electron chi connectivity index (χ3n) is 4.31. The Morgan fingerprint density at radius 2 is 1.73 bits per heavy atom. The summed E-state index contributed by atoms with van der Waals surface area (Å²) in [4.78, 5) is 43.0. The van der Waals surface area contributed by atoms with E-state index in [1.807, 2.05) is 13.8 Å². The van der Waals surface area contributed by atoms with Crippen LogP contribution in [0.3, 0.4) is 0 Å². The Balaban J connectivity index is 2.36. The Morgan fingerprint density at radius 3 is 2.23 bits per heavy atom. The number of nitrogens with one attached hydrogen (secondary N) is 1. The van der Waals surface area contributed by atoms with Gasteiger partial charge in [-0.3, -0.25) is 4.90 Å². The number of imide groups is 1.